The molecule has 6 heteroatoms. The van der Waals surface area contributed by atoms with Crippen LogP contribution in [-0.2, 0) is 13.6 Å². The molecule has 2 rings (SSSR count). The molecule has 2 aromatic rings. The standard InChI is InChI=1S/C11H12N6/c1-17-3-2-14-10(17)7-16-11-9(13)4-8(5-12)6-15-11/h2-4,6H,7,13H2,1H3,(H,15,16). The smallest absolute Gasteiger partial charge is 0.149 e. The number of anilines is 2. The largest absolute Gasteiger partial charge is 0.396 e. The Morgan fingerprint density at radius 3 is 2.94 bits per heavy atom. The number of rotatable bonds is 3. The molecule has 0 aliphatic heterocycles. The molecule has 86 valence electrons. The van der Waals surface area contributed by atoms with E-state index in [9.17, 15) is 0 Å². The first-order valence-corrected chi connectivity index (χ1v) is 5.06. The highest BCUT2D eigenvalue weighted by atomic mass is 15.1. The minimum atomic E-state index is 0.449. The molecule has 0 spiro atoms. The van der Waals surface area contributed by atoms with E-state index >= 15 is 0 Å². The van der Waals surface area contributed by atoms with Crippen molar-refractivity contribution in [1.82, 2.24) is 14.5 Å². The highest BCUT2D eigenvalue weighted by Crippen LogP contribution is 2.16. The van der Waals surface area contributed by atoms with Crippen LogP contribution in [0.25, 0.3) is 0 Å². The van der Waals surface area contributed by atoms with Gasteiger partial charge in [-0.15, -0.1) is 0 Å². The van der Waals surface area contributed by atoms with E-state index < -0.39 is 0 Å². The van der Waals surface area contributed by atoms with Crippen molar-refractivity contribution in [1.29, 1.82) is 5.26 Å². The minimum Gasteiger partial charge on any atom is -0.396 e. The van der Waals surface area contributed by atoms with Crippen LogP contribution in [0.5, 0.6) is 0 Å². The quantitative estimate of drug-likeness (QED) is 0.813. The van der Waals surface area contributed by atoms with E-state index in [4.69, 9.17) is 11.0 Å². The molecule has 0 radical (unpaired) electrons. The first-order chi connectivity index (χ1) is 8.20. The van der Waals surface area contributed by atoms with Crippen molar-refractivity contribution in [3.8, 4) is 6.07 Å². The zero-order chi connectivity index (χ0) is 12.3. The van der Waals surface area contributed by atoms with E-state index in [2.05, 4.69) is 15.3 Å². The lowest BCUT2D eigenvalue weighted by molar-refractivity contribution is 0.811. The Labute approximate surface area is 98.7 Å². The fourth-order valence-corrected chi connectivity index (χ4v) is 1.42. The molecule has 0 aromatic carbocycles. The van der Waals surface area contributed by atoms with Crippen molar-refractivity contribution in [2.24, 2.45) is 7.05 Å². The third-order valence-corrected chi connectivity index (χ3v) is 2.38. The normalized spacial score (nSPS) is 9.88. The first-order valence-electron chi connectivity index (χ1n) is 5.06. The summed E-state index contributed by atoms with van der Waals surface area (Å²) < 4.78 is 1.91. The Morgan fingerprint density at radius 1 is 1.53 bits per heavy atom. The molecule has 17 heavy (non-hydrogen) atoms. The van der Waals surface area contributed by atoms with E-state index in [1.54, 1.807) is 12.3 Å². The van der Waals surface area contributed by atoms with Crippen LogP contribution in [-0.4, -0.2) is 14.5 Å². The number of aryl methyl sites for hydroxylation is 1. The Bertz CT molecular complexity index is 566. The molecule has 2 heterocycles. The highest BCUT2D eigenvalue weighted by Gasteiger charge is 2.04. The predicted molar refractivity (Wildman–Crippen MR) is 63.9 cm³/mol. The van der Waals surface area contributed by atoms with Crippen LogP contribution in [0, 0.1) is 11.3 Å². The van der Waals surface area contributed by atoms with E-state index in [1.807, 2.05) is 23.9 Å². The number of nitriles is 1. The summed E-state index contributed by atoms with van der Waals surface area (Å²) in [4.78, 5) is 8.26. The SMILES string of the molecule is Cn1ccnc1CNc1ncc(C#N)cc1N. The van der Waals surface area contributed by atoms with Crippen molar-refractivity contribution >= 4 is 11.5 Å². The Balaban J connectivity index is 2.10. The van der Waals surface area contributed by atoms with Gasteiger partial charge in [0.05, 0.1) is 17.8 Å². The molecule has 0 saturated heterocycles. The van der Waals surface area contributed by atoms with Crippen LogP contribution in [0.3, 0.4) is 0 Å². The summed E-state index contributed by atoms with van der Waals surface area (Å²) in [5.41, 5.74) is 6.68. The molecule has 0 aliphatic carbocycles. The molecule has 0 fully saturated rings. The number of pyridine rings is 1. The maximum atomic E-state index is 8.69. The van der Waals surface area contributed by atoms with Crippen LogP contribution in [0.15, 0.2) is 24.7 Å². The van der Waals surface area contributed by atoms with Crippen LogP contribution >= 0.6 is 0 Å². The van der Waals surface area contributed by atoms with Gasteiger partial charge in [-0.2, -0.15) is 5.26 Å². The Morgan fingerprint density at radius 2 is 2.35 bits per heavy atom. The van der Waals surface area contributed by atoms with Crippen molar-refractivity contribution in [3.05, 3.63) is 36.0 Å². The summed E-state index contributed by atoms with van der Waals surface area (Å²) in [6.07, 6.45) is 5.08. The summed E-state index contributed by atoms with van der Waals surface area (Å²) in [7, 11) is 1.92. The molecule has 6 nitrogen and oxygen atoms in total. The number of imidazole rings is 1. The maximum Gasteiger partial charge on any atom is 0.149 e. The molecule has 0 saturated carbocycles. The summed E-state index contributed by atoms with van der Waals surface area (Å²) >= 11 is 0. The first kappa shape index (κ1) is 11.0. The van der Waals surface area contributed by atoms with Crippen molar-refractivity contribution in [3.63, 3.8) is 0 Å². The number of hydrogen-bond acceptors (Lipinski definition) is 5. The molecule has 0 aliphatic rings. The van der Waals surface area contributed by atoms with Crippen molar-refractivity contribution in [2.75, 3.05) is 11.1 Å². The average molecular weight is 228 g/mol. The number of nitrogens with zero attached hydrogens (tertiary/aromatic N) is 4. The van der Waals surface area contributed by atoms with Gasteiger partial charge in [-0.25, -0.2) is 9.97 Å². The van der Waals surface area contributed by atoms with Crippen LogP contribution in [0.1, 0.15) is 11.4 Å². The molecule has 2 aromatic heterocycles. The van der Waals surface area contributed by atoms with Gasteiger partial charge >= 0.3 is 0 Å². The molecule has 0 unspecified atom stereocenters. The number of nitrogen functional groups attached to an aromatic ring is 1. The van der Waals surface area contributed by atoms with Gasteiger partial charge in [0, 0.05) is 25.6 Å². The number of aromatic nitrogens is 3. The van der Waals surface area contributed by atoms with Gasteiger partial charge in [0.25, 0.3) is 0 Å². The zero-order valence-electron chi connectivity index (χ0n) is 9.38. The fourth-order valence-electron chi connectivity index (χ4n) is 1.42. The Hall–Kier alpha value is -2.55. The van der Waals surface area contributed by atoms with Gasteiger partial charge in [0.2, 0.25) is 0 Å². The van der Waals surface area contributed by atoms with Crippen LogP contribution in [0.2, 0.25) is 0 Å². The fraction of sp³-hybridized carbons (Fsp3) is 0.182. The van der Waals surface area contributed by atoms with Crippen molar-refractivity contribution in [2.45, 2.75) is 6.54 Å². The molecule has 3 N–H and O–H groups in total. The summed E-state index contributed by atoms with van der Waals surface area (Å²) in [5.74, 6) is 1.45. The molecular weight excluding hydrogens is 216 g/mol. The second-order valence-corrected chi connectivity index (χ2v) is 3.58. The second-order valence-electron chi connectivity index (χ2n) is 3.58. The third-order valence-electron chi connectivity index (χ3n) is 2.38. The van der Waals surface area contributed by atoms with E-state index in [1.165, 1.54) is 6.20 Å². The third kappa shape index (κ3) is 2.34. The lowest BCUT2D eigenvalue weighted by atomic mass is 10.3. The summed E-state index contributed by atoms with van der Waals surface area (Å²) in [6, 6.07) is 3.58. The highest BCUT2D eigenvalue weighted by molar-refractivity contribution is 5.62. The van der Waals surface area contributed by atoms with Crippen LogP contribution in [0.4, 0.5) is 11.5 Å². The predicted octanol–water partition coefficient (Wildman–Crippen LogP) is 0.881. The van der Waals surface area contributed by atoms with E-state index in [0.29, 0.717) is 23.6 Å². The lowest BCUT2D eigenvalue weighted by Gasteiger charge is -2.08. The molecular formula is C11H12N6. The minimum absolute atomic E-state index is 0.449. The van der Waals surface area contributed by atoms with Gasteiger partial charge in [-0.05, 0) is 6.07 Å². The zero-order valence-corrected chi connectivity index (χ0v) is 9.38. The van der Waals surface area contributed by atoms with Gasteiger partial charge in [-0.3, -0.25) is 0 Å². The maximum absolute atomic E-state index is 8.69. The lowest BCUT2D eigenvalue weighted by Crippen LogP contribution is -2.08. The van der Waals surface area contributed by atoms with E-state index in [-0.39, 0.29) is 0 Å². The van der Waals surface area contributed by atoms with Gasteiger partial charge in [0.1, 0.15) is 17.7 Å². The number of hydrogen-bond donors (Lipinski definition) is 2. The van der Waals surface area contributed by atoms with Crippen molar-refractivity contribution < 1.29 is 0 Å². The van der Waals surface area contributed by atoms with Gasteiger partial charge < -0.3 is 15.6 Å². The molecule has 0 amide bonds. The van der Waals surface area contributed by atoms with E-state index in [0.717, 1.165) is 5.82 Å². The molecule has 0 atom stereocenters. The van der Waals surface area contributed by atoms with Gasteiger partial charge in [-0.1, -0.05) is 0 Å². The summed E-state index contributed by atoms with van der Waals surface area (Å²) in [6.45, 7) is 0.534. The van der Waals surface area contributed by atoms with Gasteiger partial charge in [0.15, 0.2) is 0 Å². The second kappa shape index (κ2) is 4.53. The monoisotopic (exact) mass is 228 g/mol. The average Bonchev–Trinajstić information content (AvgIpc) is 2.73. The van der Waals surface area contributed by atoms with Crippen LogP contribution < -0.4 is 11.1 Å². The Kier molecular flexibility index (Phi) is 2.92. The topological polar surface area (TPSA) is 92.5 Å². The number of nitrogens with one attached hydrogen (secondary N) is 1. The molecule has 0 bridgehead atoms. The number of nitrogens with two attached hydrogens (primary N) is 1. The summed E-state index contributed by atoms with van der Waals surface area (Å²) in [5, 5.41) is 11.8.